The van der Waals surface area contributed by atoms with Gasteiger partial charge in [0.2, 0.25) is 0 Å². The van der Waals surface area contributed by atoms with Crippen LogP contribution < -0.4 is 5.32 Å². The van der Waals surface area contributed by atoms with E-state index < -0.39 is 0 Å². The summed E-state index contributed by atoms with van der Waals surface area (Å²) < 4.78 is 0. The van der Waals surface area contributed by atoms with E-state index in [0.717, 1.165) is 0 Å². The standard InChI is InChI=1S/C9H19Cl2N/c1-4-5-8(2)12-9(3,6-10)7-11/h8,12H,4-7H2,1-3H3. The van der Waals surface area contributed by atoms with E-state index in [4.69, 9.17) is 23.2 Å². The minimum absolute atomic E-state index is 0.113. The maximum absolute atomic E-state index is 5.81. The molecule has 0 aliphatic rings. The topological polar surface area (TPSA) is 12.0 Å². The highest BCUT2D eigenvalue weighted by Crippen LogP contribution is 2.11. The fourth-order valence-electron chi connectivity index (χ4n) is 1.21. The molecule has 0 spiro atoms. The van der Waals surface area contributed by atoms with Crippen LogP contribution in [0.3, 0.4) is 0 Å². The van der Waals surface area contributed by atoms with Gasteiger partial charge in [-0.1, -0.05) is 13.3 Å². The molecule has 1 unspecified atom stereocenters. The van der Waals surface area contributed by atoms with Crippen molar-refractivity contribution in [2.75, 3.05) is 11.8 Å². The van der Waals surface area contributed by atoms with Gasteiger partial charge in [0.15, 0.2) is 0 Å². The summed E-state index contributed by atoms with van der Waals surface area (Å²) in [4.78, 5) is 0. The van der Waals surface area contributed by atoms with Crippen molar-refractivity contribution in [3.8, 4) is 0 Å². The van der Waals surface area contributed by atoms with Gasteiger partial charge in [0, 0.05) is 23.3 Å². The first kappa shape index (κ1) is 12.5. The Balaban J connectivity index is 3.84. The first-order valence-corrected chi connectivity index (χ1v) is 5.54. The number of hydrogen-bond acceptors (Lipinski definition) is 1. The second-order valence-electron chi connectivity index (χ2n) is 3.66. The minimum atomic E-state index is -0.113. The van der Waals surface area contributed by atoms with Crippen molar-refractivity contribution in [1.82, 2.24) is 5.32 Å². The predicted octanol–water partition coefficient (Wildman–Crippen LogP) is 3.00. The molecule has 0 aromatic heterocycles. The van der Waals surface area contributed by atoms with Crippen LogP contribution in [0.2, 0.25) is 0 Å². The summed E-state index contributed by atoms with van der Waals surface area (Å²) in [5, 5.41) is 3.43. The van der Waals surface area contributed by atoms with E-state index in [1.165, 1.54) is 12.8 Å². The lowest BCUT2D eigenvalue weighted by atomic mass is 10.1. The molecule has 0 radical (unpaired) electrons. The van der Waals surface area contributed by atoms with Crippen molar-refractivity contribution in [1.29, 1.82) is 0 Å². The van der Waals surface area contributed by atoms with Crippen LogP contribution >= 0.6 is 23.2 Å². The fraction of sp³-hybridized carbons (Fsp3) is 1.00. The van der Waals surface area contributed by atoms with Crippen molar-refractivity contribution < 1.29 is 0 Å². The second-order valence-corrected chi connectivity index (χ2v) is 4.20. The Kier molecular flexibility index (Phi) is 6.34. The van der Waals surface area contributed by atoms with Crippen LogP contribution in [0.1, 0.15) is 33.6 Å². The van der Waals surface area contributed by atoms with Crippen LogP contribution in [0.5, 0.6) is 0 Å². The molecule has 0 amide bonds. The lowest BCUT2D eigenvalue weighted by Crippen LogP contribution is -2.50. The van der Waals surface area contributed by atoms with E-state index in [-0.39, 0.29) is 5.54 Å². The van der Waals surface area contributed by atoms with Crippen LogP contribution in [-0.4, -0.2) is 23.3 Å². The number of hydrogen-bond donors (Lipinski definition) is 1. The normalized spacial score (nSPS) is 14.8. The van der Waals surface area contributed by atoms with Gasteiger partial charge in [0.05, 0.1) is 0 Å². The Morgan fingerprint density at radius 1 is 1.33 bits per heavy atom. The highest BCUT2D eigenvalue weighted by molar-refractivity contribution is 6.22. The molecule has 12 heavy (non-hydrogen) atoms. The predicted molar refractivity (Wildman–Crippen MR) is 57.4 cm³/mol. The van der Waals surface area contributed by atoms with Crippen LogP contribution in [0.15, 0.2) is 0 Å². The largest absolute Gasteiger partial charge is 0.307 e. The summed E-state index contributed by atoms with van der Waals surface area (Å²) in [7, 11) is 0. The van der Waals surface area contributed by atoms with Gasteiger partial charge in [-0.25, -0.2) is 0 Å². The molecule has 0 saturated heterocycles. The van der Waals surface area contributed by atoms with E-state index in [1.54, 1.807) is 0 Å². The summed E-state index contributed by atoms with van der Waals surface area (Å²) in [5.74, 6) is 1.12. The average Bonchev–Trinajstić information content (AvgIpc) is 2.05. The van der Waals surface area contributed by atoms with E-state index in [2.05, 4.69) is 26.1 Å². The van der Waals surface area contributed by atoms with Crippen molar-refractivity contribution >= 4 is 23.2 Å². The van der Waals surface area contributed by atoms with Crippen molar-refractivity contribution in [3.63, 3.8) is 0 Å². The van der Waals surface area contributed by atoms with Crippen LogP contribution in [0.4, 0.5) is 0 Å². The third-order valence-electron chi connectivity index (χ3n) is 1.91. The van der Waals surface area contributed by atoms with E-state index >= 15 is 0 Å². The van der Waals surface area contributed by atoms with Crippen molar-refractivity contribution in [2.45, 2.75) is 45.2 Å². The maximum Gasteiger partial charge on any atom is 0.0427 e. The molecule has 0 aromatic carbocycles. The Bertz CT molecular complexity index is 113. The highest BCUT2D eigenvalue weighted by atomic mass is 35.5. The number of halogens is 2. The van der Waals surface area contributed by atoms with Gasteiger partial charge in [-0.05, 0) is 20.3 Å². The maximum atomic E-state index is 5.81. The minimum Gasteiger partial charge on any atom is -0.307 e. The summed E-state index contributed by atoms with van der Waals surface area (Å²) in [6.07, 6.45) is 2.36. The van der Waals surface area contributed by atoms with Crippen molar-refractivity contribution in [2.24, 2.45) is 0 Å². The van der Waals surface area contributed by atoms with Gasteiger partial charge in [-0.15, -0.1) is 23.2 Å². The number of alkyl halides is 2. The smallest absolute Gasteiger partial charge is 0.0427 e. The summed E-state index contributed by atoms with van der Waals surface area (Å²) in [5.41, 5.74) is -0.113. The van der Waals surface area contributed by atoms with E-state index in [0.29, 0.717) is 17.8 Å². The first-order valence-electron chi connectivity index (χ1n) is 4.47. The molecule has 0 aliphatic carbocycles. The number of rotatable bonds is 6. The fourth-order valence-corrected chi connectivity index (χ4v) is 1.65. The van der Waals surface area contributed by atoms with E-state index in [1.807, 2.05) is 0 Å². The SMILES string of the molecule is CCCC(C)NC(C)(CCl)CCl. The Hall–Kier alpha value is 0.540. The first-order chi connectivity index (χ1) is 5.58. The molecule has 0 saturated carbocycles. The summed E-state index contributed by atoms with van der Waals surface area (Å²) in [6.45, 7) is 6.40. The van der Waals surface area contributed by atoms with Gasteiger partial charge in [0.1, 0.15) is 0 Å². The molecule has 1 atom stereocenters. The van der Waals surface area contributed by atoms with Gasteiger partial charge in [-0.2, -0.15) is 0 Å². The molecule has 1 N–H and O–H groups in total. The van der Waals surface area contributed by atoms with Crippen LogP contribution in [-0.2, 0) is 0 Å². The van der Waals surface area contributed by atoms with Crippen LogP contribution in [0.25, 0.3) is 0 Å². The lowest BCUT2D eigenvalue weighted by molar-refractivity contribution is 0.366. The zero-order valence-electron chi connectivity index (χ0n) is 8.16. The summed E-state index contributed by atoms with van der Waals surface area (Å²) in [6, 6.07) is 0.498. The van der Waals surface area contributed by atoms with Gasteiger partial charge in [0.25, 0.3) is 0 Å². The molecule has 0 aliphatic heterocycles. The van der Waals surface area contributed by atoms with E-state index in [9.17, 15) is 0 Å². The third-order valence-corrected chi connectivity index (χ3v) is 3.09. The molecule has 0 bridgehead atoms. The zero-order chi connectivity index (χ0) is 9.61. The quantitative estimate of drug-likeness (QED) is 0.667. The van der Waals surface area contributed by atoms with Crippen LogP contribution in [0, 0.1) is 0 Å². The Morgan fingerprint density at radius 3 is 2.17 bits per heavy atom. The van der Waals surface area contributed by atoms with Gasteiger partial charge >= 0.3 is 0 Å². The molecule has 0 heterocycles. The van der Waals surface area contributed by atoms with Crippen molar-refractivity contribution in [3.05, 3.63) is 0 Å². The molecule has 3 heteroatoms. The molecule has 0 aromatic rings. The highest BCUT2D eigenvalue weighted by Gasteiger charge is 2.22. The molecular weight excluding hydrogens is 193 g/mol. The average molecular weight is 212 g/mol. The Morgan fingerprint density at radius 2 is 1.83 bits per heavy atom. The number of nitrogens with one attached hydrogen (secondary N) is 1. The second kappa shape index (κ2) is 6.06. The van der Waals surface area contributed by atoms with Gasteiger partial charge in [-0.3, -0.25) is 0 Å². The monoisotopic (exact) mass is 211 g/mol. The summed E-state index contributed by atoms with van der Waals surface area (Å²) >= 11 is 11.6. The van der Waals surface area contributed by atoms with Gasteiger partial charge < -0.3 is 5.32 Å². The lowest BCUT2D eigenvalue weighted by Gasteiger charge is -2.30. The zero-order valence-corrected chi connectivity index (χ0v) is 9.67. The third kappa shape index (κ3) is 4.54. The molecule has 0 fully saturated rings. The molecule has 1 nitrogen and oxygen atoms in total. The Labute approximate surface area is 85.8 Å². The molecule has 74 valence electrons. The molecule has 0 rings (SSSR count). The molecular formula is C9H19Cl2N.